The zero-order valence-electron chi connectivity index (χ0n) is 21.0. The van der Waals surface area contributed by atoms with Crippen LogP contribution in [0.5, 0.6) is 0 Å². The monoisotopic (exact) mass is 426 g/mol. The molecule has 7 atom stereocenters. The van der Waals surface area contributed by atoms with E-state index in [9.17, 15) is 4.79 Å². The van der Waals surface area contributed by atoms with E-state index in [0.29, 0.717) is 11.3 Å². The van der Waals surface area contributed by atoms with Gasteiger partial charge in [-0.25, -0.2) is 0 Å². The molecule has 0 aliphatic heterocycles. The summed E-state index contributed by atoms with van der Waals surface area (Å²) in [5.41, 5.74) is 3.02. The van der Waals surface area contributed by atoms with Gasteiger partial charge < -0.3 is 4.74 Å². The Morgan fingerprint density at radius 3 is 2.55 bits per heavy atom. The molecule has 0 amide bonds. The van der Waals surface area contributed by atoms with Crippen LogP contribution in [0.15, 0.2) is 23.0 Å². The average Bonchev–Trinajstić information content (AvgIpc) is 3.09. The summed E-state index contributed by atoms with van der Waals surface area (Å²) in [4.78, 5) is 12.2. The smallest absolute Gasteiger partial charge is 0.146 e. The highest BCUT2D eigenvalue weighted by Gasteiger charge is 2.59. The van der Waals surface area contributed by atoms with Crippen LogP contribution >= 0.6 is 0 Å². The maximum atomic E-state index is 12.2. The lowest BCUT2D eigenvalue weighted by molar-refractivity contribution is -0.106. The summed E-state index contributed by atoms with van der Waals surface area (Å²) in [5.74, 6) is 5.81. The number of hydrogen-bond donors (Lipinski definition) is 0. The molecule has 2 heteroatoms. The Hall–Kier alpha value is -1.05. The van der Waals surface area contributed by atoms with Crippen LogP contribution in [0.3, 0.4) is 0 Å². The first kappa shape index (κ1) is 23.1. The Morgan fingerprint density at radius 1 is 1.10 bits per heavy atom. The molecule has 0 unspecified atom stereocenters. The molecule has 0 bridgehead atoms. The van der Waals surface area contributed by atoms with Crippen LogP contribution in [0, 0.1) is 46.3 Å². The number of carbonyl (C=O) groups excluding carboxylic acids is 1. The molecule has 4 aliphatic rings. The summed E-state index contributed by atoms with van der Waals surface area (Å²) in [6.45, 7) is 12.3. The zero-order chi connectivity index (χ0) is 22.4. The van der Waals surface area contributed by atoms with E-state index in [1.54, 1.807) is 7.11 Å². The van der Waals surface area contributed by atoms with Crippen molar-refractivity contribution in [2.75, 3.05) is 7.11 Å². The van der Waals surface area contributed by atoms with E-state index in [0.717, 1.165) is 60.2 Å². The Bertz CT molecular complexity index is 746. The maximum absolute atomic E-state index is 12.2. The van der Waals surface area contributed by atoms with Crippen LogP contribution < -0.4 is 0 Å². The first-order chi connectivity index (χ1) is 14.7. The van der Waals surface area contributed by atoms with Crippen LogP contribution in [0.25, 0.3) is 0 Å². The molecule has 2 fully saturated rings. The summed E-state index contributed by atoms with van der Waals surface area (Å²) in [7, 11) is 1.77. The molecule has 0 saturated heterocycles. The molecule has 0 spiro atoms. The lowest BCUT2D eigenvalue weighted by Crippen LogP contribution is -2.50. The number of aldehydes is 1. The van der Waals surface area contributed by atoms with Crippen LogP contribution in [0.2, 0.25) is 0 Å². The number of rotatable bonds is 7. The second-order valence-corrected chi connectivity index (χ2v) is 12.4. The van der Waals surface area contributed by atoms with Gasteiger partial charge in [-0.05, 0) is 102 Å². The number of ether oxygens (including phenoxy) is 1. The minimum atomic E-state index is 0.156. The molecule has 0 heterocycles. The van der Waals surface area contributed by atoms with Crippen molar-refractivity contribution in [2.24, 2.45) is 46.3 Å². The first-order valence-corrected chi connectivity index (χ1v) is 13.2. The van der Waals surface area contributed by atoms with Gasteiger partial charge in [0.25, 0.3) is 0 Å². The summed E-state index contributed by atoms with van der Waals surface area (Å²) in [6.07, 6.45) is 16.2. The fourth-order valence-corrected chi connectivity index (χ4v) is 8.78. The van der Waals surface area contributed by atoms with E-state index in [2.05, 4.69) is 40.7 Å². The molecule has 2 nitrogen and oxygen atoms in total. The standard InChI is InChI=1S/C29H46O2/c1-19(2)8-7-9-20(3)24-10-11-25-23-16-21(18-30)27-17-22(31-6)12-14-29(27,5)26(23)13-15-28(24,25)4/h17-20,23-26H,7-16H2,1-6H3/t20-,23+,24-,25+,26+,28-,29-/m1/s1. The SMILES string of the molecule is COC1=CC2=C(C=O)C[C@H]3[C@@H]4CC[C@H]([C@H](C)CCCC(C)C)[C@@]4(C)CC[C@@H]3[C@@]2(C)CC1. The molecular formula is C29H46O2. The fraction of sp³-hybridized carbons (Fsp3) is 0.828. The molecule has 4 rings (SSSR count). The predicted octanol–water partition coefficient (Wildman–Crippen LogP) is 7.74. The Labute approximate surface area is 191 Å². The Morgan fingerprint density at radius 2 is 1.87 bits per heavy atom. The van der Waals surface area contributed by atoms with Gasteiger partial charge in [0.05, 0.1) is 12.9 Å². The molecule has 0 N–H and O–H groups in total. The summed E-state index contributed by atoms with van der Waals surface area (Å²) in [5, 5.41) is 0. The maximum Gasteiger partial charge on any atom is 0.146 e. The summed E-state index contributed by atoms with van der Waals surface area (Å²) >= 11 is 0. The third-order valence-corrected chi connectivity index (χ3v) is 10.5. The molecule has 0 aromatic carbocycles. The molecule has 4 aliphatic carbocycles. The van der Waals surface area contributed by atoms with Gasteiger partial charge >= 0.3 is 0 Å². The average molecular weight is 427 g/mol. The van der Waals surface area contributed by atoms with Crippen molar-refractivity contribution in [3.8, 4) is 0 Å². The zero-order valence-corrected chi connectivity index (χ0v) is 21.0. The molecule has 174 valence electrons. The van der Waals surface area contributed by atoms with E-state index >= 15 is 0 Å². The minimum Gasteiger partial charge on any atom is -0.501 e. The quantitative estimate of drug-likeness (QED) is 0.389. The van der Waals surface area contributed by atoms with Crippen molar-refractivity contribution in [1.82, 2.24) is 0 Å². The van der Waals surface area contributed by atoms with Gasteiger partial charge in [-0.15, -0.1) is 0 Å². The molecule has 0 aromatic rings. The second kappa shape index (κ2) is 8.71. The van der Waals surface area contributed by atoms with Crippen LogP contribution in [0.4, 0.5) is 0 Å². The van der Waals surface area contributed by atoms with Gasteiger partial charge in [-0.3, -0.25) is 4.79 Å². The lowest BCUT2D eigenvalue weighted by atomic mass is 9.46. The van der Waals surface area contributed by atoms with E-state index in [-0.39, 0.29) is 5.41 Å². The molecule has 2 saturated carbocycles. The van der Waals surface area contributed by atoms with Crippen molar-refractivity contribution in [1.29, 1.82) is 0 Å². The largest absolute Gasteiger partial charge is 0.501 e. The van der Waals surface area contributed by atoms with Crippen molar-refractivity contribution < 1.29 is 9.53 Å². The fourth-order valence-electron chi connectivity index (χ4n) is 8.78. The number of methoxy groups -OCH3 is 1. The molecule has 31 heavy (non-hydrogen) atoms. The normalized spacial score (nSPS) is 40.7. The highest BCUT2D eigenvalue weighted by Crippen LogP contribution is 2.67. The van der Waals surface area contributed by atoms with Crippen molar-refractivity contribution in [3.63, 3.8) is 0 Å². The van der Waals surface area contributed by atoms with Crippen molar-refractivity contribution in [2.45, 2.75) is 98.8 Å². The topological polar surface area (TPSA) is 26.3 Å². The Balaban J connectivity index is 1.58. The highest BCUT2D eigenvalue weighted by atomic mass is 16.5. The third-order valence-electron chi connectivity index (χ3n) is 10.5. The number of fused-ring (bicyclic) bond motifs is 5. The van der Waals surface area contributed by atoms with Gasteiger partial charge in [0, 0.05) is 6.42 Å². The van der Waals surface area contributed by atoms with Crippen LogP contribution in [-0.4, -0.2) is 13.4 Å². The minimum absolute atomic E-state index is 0.156. The molecule has 0 radical (unpaired) electrons. The van der Waals surface area contributed by atoms with Gasteiger partial charge in [0.2, 0.25) is 0 Å². The van der Waals surface area contributed by atoms with E-state index in [1.165, 1.54) is 56.8 Å². The molecular weight excluding hydrogens is 380 g/mol. The summed E-state index contributed by atoms with van der Waals surface area (Å²) in [6, 6.07) is 0. The number of hydrogen-bond acceptors (Lipinski definition) is 2. The Kier molecular flexibility index (Phi) is 6.50. The van der Waals surface area contributed by atoms with Crippen molar-refractivity contribution >= 4 is 6.29 Å². The van der Waals surface area contributed by atoms with E-state index < -0.39 is 0 Å². The predicted molar refractivity (Wildman–Crippen MR) is 129 cm³/mol. The van der Waals surface area contributed by atoms with Crippen LogP contribution in [0.1, 0.15) is 98.8 Å². The number of allylic oxidation sites excluding steroid dienone is 4. The van der Waals surface area contributed by atoms with Crippen LogP contribution in [-0.2, 0) is 9.53 Å². The van der Waals surface area contributed by atoms with Gasteiger partial charge in [0.15, 0.2) is 0 Å². The lowest BCUT2D eigenvalue weighted by Gasteiger charge is -2.58. The highest BCUT2D eigenvalue weighted by molar-refractivity contribution is 5.77. The van der Waals surface area contributed by atoms with Gasteiger partial charge in [0.1, 0.15) is 6.29 Å². The first-order valence-electron chi connectivity index (χ1n) is 13.2. The third kappa shape index (κ3) is 3.84. The summed E-state index contributed by atoms with van der Waals surface area (Å²) < 4.78 is 5.60. The van der Waals surface area contributed by atoms with Crippen molar-refractivity contribution in [3.05, 3.63) is 23.0 Å². The molecule has 0 aromatic heterocycles. The second-order valence-electron chi connectivity index (χ2n) is 12.4. The van der Waals surface area contributed by atoms with E-state index in [1.807, 2.05) is 0 Å². The van der Waals surface area contributed by atoms with Gasteiger partial charge in [-0.1, -0.05) is 53.9 Å². The van der Waals surface area contributed by atoms with Gasteiger partial charge in [-0.2, -0.15) is 0 Å². The van der Waals surface area contributed by atoms with E-state index in [4.69, 9.17) is 4.74 Å². The number of carbonyl (C=O) groups is 1.